The van der Waals surface area contributed by atoms with Crippen molar-refractivity contribution >= 4 is 34.7 Å². The molecule has 29 heavy (non-hydrogen) atoms. The monoisotopic (exact) mass is 396 g/mol. The van der Waals surface area contributed by atoms with E-state index >= 15 is 0 Å². The maximum atomic E-state index is 5.15. The maximum absolute atomic E-state index is 5.15. The van der Waals surface area contributed by atoms with Crippen molar-refractivity contribution in [1.29, 1.82) is 0 Å². The van der Waals surface area contributed by atoms with Gasteiger partial charge in [-0.3, -0.25) is 0 Å². The fourth-order valence-corrected chi connectivity index (χ4v) is 3.79. The first-order chi connectivity index (χ1) is 14.0. The Morgan fingerprint density at radius 1 is 0.828 bits per heavy atom. The van der Waals surface area contributed by atoms with Gasteiger partial charge in [-0.05, 0) is 26.2 Å². The van der Waals surface area contributed by atoms with E-state index in [1.54, 1.807) is 0 Å². The minimum atomic E-state index is 0.865. The van der Waals surface area contributed by atoms with Crippen molar-refractivity contribution in [3.05, 3.63) is 18.2 Å². The summed E-state index contributed by atoms with van der Waals surface area (Å²) < 4.78 is 0. The predicted octanol–water partition coefficient (Wildman–Crippen LogP) is 1.35. The van der Waals surface area contributed by atoms with Crippen LogP contribution in [0, 0.1) is 0 Å². The van der Waals surface area contributed by atoms with E-state index in [1.165, 1.54) is 0 Å². The fraction of sp³-hybridized carbons (Fsp3) is 0.571. The molecule has 0 bridgehead atoms. The van der Waals surface area contributed by atoms with Gasteiger partial charge in [0.2, 0.25) is 0 Å². The van der Waals surface area contributed by atoms with Crippen molar-refractivity contribution in [3.63, 3.8) is 0 Å². The lowest BCUT2D eigenvalue weighted by atomic mass is 10.2. The Kier molecular flexibility index (Phi) is 5.82. The summed E-state index contributed by atoms with van der Waals surface area (Å²) in [5.41, 5.74) is 2.65. The Morgan fingerprint density at radius 2 is 1.38 bits per heavy atom. The molecule has 2 aliphatic heterocycles. The Morgan fingerprint density at radius 3 is 1.93 bits per heavy atom. The molecule has 4 rings (SSSR count). The zero-order chi connectivity index (χ0) is 20.4. The number of benzene rings is 1. The summed E-state index contributed by atoms with van der Waals surface area (Å²) in [6, 6.07) is 6.08. The SMILES string of the molecule is CN(C)/C=N\c1cccc2nc(N3CCN(C)CC3)c(N3CCN(C)CC3)nc12. The molecule has 0 spiro atoms. The van der Waals surface area contributed by atoms with Crippen LogP contribution in [0.1, 0.15) is 0 Å². The van der Waals surface area contributed by atoms with Crippen molar-refractivity contribution in [1.82, 2.24) is 24.7 Å². The van der Waals surface area contributed by atoms with Crippen LogP contribution in [0.2, 0.25) is 0 Å². The molecule has 0 N–H and O–H groups in total. The molecule has 2 fully saturated rings. The first-order valence-electron chi connectivity index (χ1n) is 10.4. The van der Waals surface area contributed by atoms with E-state index in [0.29, 0.717) is 0 Å². The lowest BCUT2D eigenvalue weighted by Crippen LogP contribution is -2.48. The van der Waals surface area contributed by atoms with Gasteiger partial charge in [0.1, 0.15) is 5.52 Å². The number of anilines is 2. The van der Waals surface area contributed by atoms with E-state index < -0.39 is 0 Å². The molecule has 8 nitrogen and oxygen atoms in total. The number of hydrogen-bond donors (Lipinski definition) is 0. The second-order valence-corrected chi connectivity index (χ2v) is 8.30. The topological polar surface area (TPSA) is 54.3 Å². The van der Waals surface area contributed by atoms with Crippen molar-refractivity contribution < 1.29 is 0 Å². The van der Waals surface area contributed by atoms with Crippen LogP contribution in [0.4, 0.5) is 17.3 Å². The molecule has 1 aromatic heterocycles. The van der Waals surface area contributed by atoms with Gasteiger partial charge >= 0.3 is 0 Å². The zero-order valence-corrected chi connectivity index (χ0v) is 18.0. The van der Waals surface area contributed by atoms with Crippen LogP contribution in [0.25, 0.3) is 11.0 Å². The summed E-state index contributed by atoms with van der Waals surface area (Å²) in [6.07, 6.45) is 1.82. The minimum Gasteiger partial charge on any atom is -0.369 e. The molecule has 2 saturated heterocycles. The summed E-state index contributed by atoms with van der Waals surface area (Å²) in [5, 5.41) is 0. The summed E-state index contributed by atoms with van der Waals surface area (Å²) in [7, 11) is 8.31. The van der Waals surface area contributed by atoms with E-state index in [1.807, 2.05) is 43.5 Å². The molecular weight excluding hydrogens is 364 g/mol. The van der Waals surface area contributed by atoms with Crippen LogP contribution in [-0.2, 0) is 0 Å². The first-order valence-corrected chi connectivity index (χ1v) is 10.4. The molecule has 3 heterocycles. The molecular formula is C21H32N8. The van der Waals surface area contributed by atoms with Crippen LogP contribution in [0.3, 0.4) is 0 Å². The van der Waals surface area contributed by atoms with Gasteiger partial charge in [0.05, 0.1) is 17.5 Å². The first kappa shape index (κ1) is 19.8. The smallest absolute Gasteiger partial charge is 0.172 e. The van der Waals surface area contributed by atoms with Crippen molar-refractivity contribution in [2.45, 2.75) is 0 Å². The molecule has 8 heteroatoms. The molecule has 0 unspecified atom stereocenters. The van der Waals surface area contributed by atoms with Crippen LogP contribution >= 0.6 is 0 Å². The number of para-hydroxylation sites is 1. The van der Waals surface area contributed by atoms with Gasteiger partial charge in [-0.25, -0.2) is 15.0 Å². The van der Waals surface area contributed by atoms with E-state index in [4.69, 9.17) is 9.97 Å². The fourth-order valence-electron chi connectivity index (χ4n) is 3.79. The Hall–Kier alpha value is -2.45. The normalized spacial score (nSPS) is 19.4. The number of likely N-dealkylation sites (N-methyl/N-ethyl adjacent to an activating group) is 2. The number of fused-ring (bicyclic) bond motifs is 1. The molecule has 2 aliphatic rings. The Balaban J connectivity index is 1.78. The highest BCUT2D eigenvalue weighted by Gasteiger charge is 2.25. The van der Waals surface area contributed by atoms with Crippen LogP contribution in [0.5, 0.6) is 0 Å². The maximum Gasteiger partial charge on any atom is 0.172 e. The number of piperazine rings is 2. The average Bonchev–Trinajstić information content (AvgIpc) is 2.72. The third-order valence-corrected chi connectivity index (χ3v) is 5.67. The number of aliphatic imine (C=N–C) groups is 1. The van der Waals surface area contributed by atoms with Gasteiger partial charge in [0.15, 0.2) is 11.6 Å². The second-order valence-electron chi connectivity index (χ2n) is 8.30. The third kappa shape index (κ3) is 4.43. The highest BCUT2D eigenvalue weighted by molar-refractivity contribution is 5.91. The van der Waals surface area contributed by atoms with Gasteiger partial charge in [0.25, 0.3) is 0 Å². The molecule has 0 saturated carbocycles. The highest BCUT2D eigenvalue weighted by atomic mass is 15.3. The molecule has 0 aliphatic carbocycles. The minimum absolute atomic E-state index is 0.865. The van der Waals surface area contributed by atoms with Crippen LogP contribution in [-0.4, -0.2) is 112 Å². The van der Waals surface area contributed by atoms with Crippen LogP contribution < -0.4 is 9.80 Å². The van der Waals surface area contributed by atoms with Gasteiger partial charge in [-0.15, -0.1) is 0 Å². The molecule has 156 valence electrons. The predicted molar refractivity (Wildman–Crippen MR) is 121 cm³/mol. The number of nitrogens with zero attached hydrogens (tertiary/aromatic N) is 8. The third-order valence-electron chi connectivity index (χ3n) is 5.67. The lowest BCUT2D eigenvalue weighted by Gasteiger charge is -2.38. The van der Waals surface area contributed by atoms with Gasteiger partial charge in [0, 0.05) is 66.5 Å². The number of hydrogen-bond acceptors (Lipinski definition) is 7. The van der Waals surface area contributed by atoms with Gasteiger partial charge in [-0.2, -0.15) is 0 Å². The summed E-state index contributed by atoms with van der Waals surface area (Å²) in [4.78, 5) is 26.4. The Bertz CT molecular complexity index is 864. The quantitative estimate of drug-likeness (QED) is 0.571. The Labute approximate surface area is 173 Å². The molecule has 0 radical (unpaired) electrons. The van der Waals surface area contributed by atoms with E-state index in [-0.39, 0.29) is 0 Å². The standard InChI is InChI=1S/C21H32N8/c1-25(2)16-22-17-6-5-7-18-19(17)24-21(29-14-10-27(4)11-15-29)20(23-18)28-12-8-26(3)9-13-28/h5-7,16H,8-15H2,1-4H3/b22-16-. The molecule has 1 aromatic carbocycles. The van der Waals surface area contributed by atoms with Crippen molar-refractivity contribution in [2.24, 2.45) is 4.99 Å². The highest BCUT2D eigenvalue weighted by Crippen LogP contribution is 2.33. The summed E-state index contributed by atoms with van der Waals surface area (Å²) in [6.45, 7) is 8.10. The van der Waals surface area contributed by atoms with Gasteiger partial charge in [-0.1, -0.05) is 6.07 Å². The second kappa shape index (κ2) is 8.51. The summed E-state index contributed by atoms with van der Waals surface area (Å²) >= 11 is 0. The summed E-state index contributed by atoms with van der Waals surface area (Å²) in [5.74, 6) is 2.02. The van der Waals surface area contributed by atoms with Crippen LogP contribution in [0.15, 0.2) is 23.2 Å². The van der Waals surface area contributed by atoms with E-state index in [0.717, 1.165) is 80.7 Å². The van der Waals surface area contributed by atoms with E-state index in [9.17, 15) is 0 Å². The number of rotatable bonds is 4. The van der Waals surface area contributed by atoms with Crippen molar-refractivity contribution in [3.8, 4) is 0 Å². The number of aromatic nitrogens is 2. The average molecular weight is 397 g/mol. The molecule has 0 atom stereocenters. The zero-order valence-electron chi connectivity index (χ0n) is 18.0. The largest absolute Gasteiger partial charge is 0.369 e. The lowest BCUT2D eigenvalue weighted by molar-refractivity contribution is 0.308. The molecule has 2 aromatic rings. The molecule has 0 amide bonds. The van der Waals surface area contributed by atoms with E-state index in [2.05, 4.69) is 38.7 Å². The van der Waals surface area contributed by atoms with Gasteiger partial charge < -0.3 is 24.5 Å². The van der Waals surface area contributed by atoms with Crippen molar-refractivity contribution in [2.75, 3.05) is 90.3 Å².